The van der Waals surface area contributed by atoms with Gasteiger partial charge >= 0.3 is 5.97 Å². The van der Waals surface area contributed by atoms with Gasteiger partial charge in [-0.2, -0.15) is 0 Å². The molecule has 0 bridgehead atoms. The number of fused-ring (bicyclic) bond motifs is 1. The summed E-state index contributed by atoms with van der Waals surface area (Å²) >= 11 is 0. The number of rotatable bonds is 4. The van der Waals surface area contributed by atoms with Crippen molar-refractivity contribution in [1.29, 1.82) is 0 Å². The summed E-state index contributed by atoms with van der Waals surface area (Å²) in [7, 11) is 0. The molecule has 0 saturated carbocycles. The summed E-state index contributed by atoms with van der Waals surface area (Å²) in [5.74, 6) is 0.0332. The molecule has 0 aliphatic heterocycles. The lowest BCUT2D eigenvalue weighted by Crippen LogP contribution is -2.20. The van der Waals surface area contributed by atoms with E-state index < -0.39 is 12.0 Å². The van der Waals surface area contributed by atoms with Crippen LogP contribution in [0.5, 0.6) is 0 Å². The highest BCUT2D eigenvalue weighted by molar-refractivity contribution is 5.85. The van der Waals surface area contributed by atoms with Crippen molar-refractivity contribution in [3.63, 3.8) is 0 Å². The highest BCUT2D eigenvalue weighted by Crippen LogP contribution is 2.23. The minimum atomic E-state index is -0.801. The molecule has 0 amide bonds. The maximum atomic E-state index is 11.3. The molecule has 0 radical (unpaired) electrons. The van der Waals surface area contributed by atoms with Gasteiger partial charge in [-0.05, 0) is 18.6 Å². The number of para-hydroxylation sites is 2. The fraction of sp³-hybridized carbons (Fsp3) is 0.385. The Morgan fingerprint density at radius 2 is 2.06 bits per heavy atom. The Kier molecular flexibility index (Phi) is 4.73. The monoisotopic (exact) mass is 268 g/mol. The average molecular weight is 269 g/mol. The van der Waals surface area contributed by atoms with E-state index in [2.05, 4.69) is 4.98 Å². The van der Waals surface area contributed by atoms with Gasteiger partial charge in [-0.15, -0.1) is 12.4 Å². The standard InChI is InChI=1S/C13H16N2O2.ClH/c1-3-10(13(16)17)15-11-8-6-5-7-9(11)14-12(15)4-2;/h5-8,10H,3-4H2,1-2H3,(H,16,17);1H. The molecular formula is C13H17ClN2O2. The number of imidazole rings is 1. The number of nitrogens with zero attached hydrogens (tertiary/aromatic N) is 2. The van der Waals surface area contributed by atoms with E-state index in [1.807, 2.05) is 42.7 Å². The number of hydrogen-bond donors (Lipinski definition) is 1. The lowest BCUT2D eigenvalue weighted by molar-refractivity contribution is -0.140. The molecule has 0 aliphatic rings. The number of benzene rings is 1. The van der Waals surface area contributed by atoms with Crippen molar-refractivity contribution >= 4 is 29.4 Å². The van der Waals surface area contributed by atoms with E-state index >= 15 is 0 Å². The smallest absolute Gasteiger partial charge is 0.326 e. The summed E-state index contributed by atoms with van der Waals surface area (Å²) < 4.78 is 1.84. The van der Waals surface area contributed by atoms with Crippen LogP contribution in [-0.2, 0) is 11.2 Å². The van der Waals surface area contributed by atoms with Gasteiger partial charge in [0.25, 0.3) is 0 Å². The lowest BCUT2D eigenvalue weighted by atomic mass is 10.2. The molecular weight excluding hydrogens is 252 g/mol. The van der Waals surface area contributed by atoms with Gasteiger partial charge in [-0.3, -0.25) is 0 Å². The van der Waals surface area contributed by atoms with E-state index in [0.29, 0.717) is 6.42 Å². The normalized spacial score (nSPS) is 12.1. The maximum absolute atomic E-state index is 11.3. The third kappa shape index (κ3) is 2.34. The number of hydrogen-bond acceptors (Lipinski definition) is 2. The molecule has 1 unspecified atom stereocenters. The third-order valence-corrected chi connectivity index (χ3v) is 2.97. The fourth-order valence-electron chi connectivity index (χ4n) is 2.16. The quantitative estimate of drug-likeness (QED) is 0.927. The van der Waals surface area contributed by atoms with Crippen LogP contribution in [0.4, 0.5) is 0 Å². The van der Waals surface area contributed by atoms with Crippen molar-refractivity contribution in [3.05, 3.63) is 30.1 Å². The number of aromatic nitrogens is 2. The molecule has 1 heterocycles. The van der Waals surface area contributed by atoms with Gasteiger partial charge < -0.3 is 9.67 Å². The molecule has 0 spiro atoms. The number of carboxylic acid groups (broad SMARTS) is 1. The second kappa shape index (κ2) is 5.87. The summed E-state index contributed by atoms with van der Waals surface area (Å²) in [6.45, 7) is 3.87. The first-order valence-corrected chi connectivity index (χ1v) is 5.87. The molecule has 4 nitrogen and oxygen atoms in total. The van der Waals surface area contributed by atoms with Crippen LogP contribution >= 0.6 is 12.4 Å². The average Bonchev–Trinajstić information content (AvgIpc) is 2.69. The molecule has 2 rings (SSSR count). The zero-order chi connectivity index (χ0) is 12.4. The molecule has 98 valence electrons. The molecule has 0 aliphatic carbocycles. The van der Waals surface area contributed by atoms with Gasteiger partial charge in [0.15, 0.2) is 0 Å². The van der Waals surface area contributed by atoms with Crippen LogP contribution in [0.2, 0.25) is 0 Å². The topological polar surface area (TPSA) is 55.1 Å². The zero-order valence-electron chi connectivity index (χ0n) is 10.5. The molecule has 1 aromatic carbocycles. The van der Waals surface area contributed by atoms with Gasteiger partial charge in [0, 0.05) is 6.42 Å². The van der Waals surface area contributed by atoms with Gasteiger partial charge in [0.05, 0.1) is 11.0 Å². The number of halogens is 1. The highest BCUT2D eigenvalue weighted by atomic mass is 35.5. The molecule has 0 saturated heterocycles. The molecule has 1 aromatic heterocycles. The minimum absolute atomic E-state index is 0. The first kappa shape index (κ1) is 14.5. The van der Waals surface area contributed by atoms with E-state index in [1.54, 1.807) is 0 Å². The van der Waals surface area contributed by atoms with Crippen LogP contribution in [0.15, 0.2) is 24.3 Å². The van der Waals surface area contributed by atoms with Crippen LogP contribution in [-0.4, -0.2) is 20.6 Å². The predicted molar refractivity (Wildman–Crippen MR) is 73.3 cm³/mol. The van der Waals surface area contributed by atoms with Crippen molar-refractivity contribution in [1.82, 2.24) is 9.55 Å². The SMILES string of the molecule is CCc1nc2ccccc2n1C(CC)C(=O)O.Cl. The molecule has 18 heavy (non-hydrogen) atoms. The van der Waals surface area contributed by atoms with E-state index in [9.17, 15) is 9.90 Å². The van der Waals surface area contributed by atoms with Crippen LogP contribution in [0, 0.1) is 0 Å². The summed E-state index contributed by atoms with van der Waals surface area (Å²) in [6.07, 6.45) is 1.29. The van der Waals surface area contributed by atoms with E-state index in [1.165, 1.54) is 0 Å². The highest BCUT2D eigenvalue weighted by Gasteiger charge is 2.22. The first-order chi connectivity index (χ1) is 8.19. The number of aliphatic carboxylic acids is 1. The second-order valence-electron chi connectivity index (χ2n) is 4.00. The fourth-order valence-corrected chi connectivity index (χ4v) is 2.16. The Balaban J connectivity index is 0.00000162. The van der Waals surface area contributed by atoms with Crippen LogP contribution < -0.4 is 0 Å². The van der Waals surface area contributed by atoms with E-state index in [-0.39, 0.29) is 12.4 Å². The van der Waals surface area contributed by atoms with Gasteiger partial charge in [0.2, 0.25) is 0 Å². The van der Waals surface area contributed by atoms with Crippen molar-refractivity contribution in [3.8, 4) is 0 Å². The maximum Gasteiger partial charge on any atom is 0.326 e. The van der Waals surface area contributed by atoms with E-state index in [0.717, 1.165) is 23.3 Å². The van der Waals surface area contributed by atoms with Crippen LogP contribution in [0.1, 0.15) is 32.1 Å². The van der Waals surface area contributed by atoms with Gasteiger partial charge in [0.1, 0.15) is 11.9 Å². The van der Waals surface area contributed by atoms with Crippen molar-refractivity contribution < 1.29 is 9.90 Å². The molecule has 1 atom stereocenters. The van der Waals surface area contributed by atoms with Crippen molar-refractivity contribution in [2.75, 3.05) is 0 Å². The van der Waals surface area contributed by atoms with Crippen molar-refractivity contribution in [2.24, 2.45) is 0 Å². The van der Waals surface area contributed by atoms with Crippen molar-refractivity contribution in [2.45, 2.75) is 32.7 Å². The summed E-state index contributed by atoms with van der Waals surface area (Å²) in [5, 5.41) is 9.28. The molecule has 5 heteroatoms. The largest absolute Gasteiger partial charge is 0.480 e. The van der Waals surface area contributed by atoms with Gasteiger partial charge in [-0.25, -0.2) is 9.78 Å². The van der Waals surface area contributed by atoms with Crippen LogP contribution in [0.25, 0.3) is 11.0 Å². The van der Waals surface area contributed by atoms with E-state index in [4.69, 9.17) is 0 Å². The van der Waals surface area contributed by atoms with Crippen LogP contribution in [0.3, 0.4) is 0 Å². The first-order valence-electron chi connectivity index (χ1n) is 5.87. The summed E-state index contributed by atoms with van der Waals surface area (Å²) in [5.41, 5.74) is 1.77. The number of aryl methyl sites for hydroxylation is 1. The zero-order valence-corrected chi connectivity index (χ0v) is 11.3. The Morgan fingerprint density at radius 1 is 1.39 bits per heavy atom. The second-order valence-corrected chi connectivity index (χ2v) is 4.00. The Morgan fingerprint density at radius 3 is 2.61 bits per heavy atom. The predicted octanol–water partition coefficient (Wildman–Crippen LogP) is 3.06. The Hall–Kier alpha value is -1.55. The summed E-state index contributed by atoms with van der Waals surface area (Å²) in [4.78, 5) is 15.8. The Labute approximate surface area is 112 Å². The Bertz CT molecular complexity index is 551. The summed E-state index contributed by atoms with van der Waals surface area (Å²) in [6, 6.07) is 7.14. The minimum Gasteiger partial charge on any atom is -0.480 e. The molecule has 0 fully saturated rings. The lowest BCUT2D eigenvalue weighted by Gasteiger charge is -2.15. The number of carbonyl (C=O) groups is 1. The number of carboxylic acids is 1. The molecule has 2 aromatic rings. The van der Waals surface area contributed by atoms with Gasteiger partial charge in [-0.1, -0.05) is 26.0 Å². The third-order valence-electron chi connectivity index (χ3n) is 2.97. The molecule has 1 N–H and O–H groups in total.